The molecule has 2 atom stereocenters. The summed E-state index contributed by atoms with van der Waals surface area (Å²) in [7, 11) is 0. The summed E-state index contributed by atoms with van der Waals surface area (Å²) in [5.41, 5.74) is 0. The summed E-state index contributed by atoms with van der Waals surface area (Å²) in [6.07, 6.45) is 0. The van der Waals surface area contributed by atoms with Crippen molar-refractivity contribution in [3.63, 3.8) is 0 Å². The summed E-state index contributed by atoms with van der Waals surface area (Å²) in [5.74, 6) is 2.49. The van der Waals surface area contributed by atoms with Crippen LogP contribution in [0.3, 0.4) is 0 Å². The van der Waals surface area contributed by atoms with E-state index in [4.69, 9.17) is 0 Å². The topological polar surface area (TPSA) is 35.6 Å². The molecule has 17 heavy (non-hydrogen) atoms. The third-order valence-electron chi connectivity index (χ3n) is 3.71. The van der Waals surface area contributed by atoms with Crippen LogP contribution in [0.1, 0.15) is 13.8 Å². The van der Waals surface area contributed by atoms with Crippen molar-refractivity contribution in [1.29, 1.82) is 0 Å². The van der Waals surface area contributed by atoms with Crippen LogP contribution in [0.2, 0.25) is 0 Å². The first-order valence-electron chi connectivity index (χ1n) is 6.53. The molecule has 1 N–H and O–H groups in total. The van der Waals surface area contributed by atoms with E-state index < -0.39 is 0 Å². The van der Waals surface area contributed by atoms with E-state index in [0.29, 0.717) is 11.9 Å². The maximum absolute atomic E-state index is 12.5. The van der Waals surface area contributed by atoms with Gasteiger partial charge < -0.3 is 10.2 Å². The van der Waals surface area contributed by atoms with Crippen LogP contribution in [0.4, 0.5) is 0 Å². The Morgan fingerprint density at radius 3 is 2.71 bits per heavy atom. The molecule has 0 aromatic heterocycles. The number of carbonyl (C=O) groups is 1. The molecule has 0 aromatic carbocycles. The molecule has 4 nitrogen and oxygen atoms in total. The number of rotatable bonds is 2. The number of hydrogen-bond donors (Lipinski definition) is 1. The van der Waals surface area contributed by atoms with Gasteiger partial charge in [-0.05, 0) is 13.8 Å². The Balaban J connectivity index is 1.92. The van der Waals surface area contributed by atoms with Gasteiger partial charge in [-0.15, -0.1) is 0 Å². The average molecular weight is 257 g/mol. The normalized spacial score (nSPS) is 29.1. The van der Waals surface area contributed by atoms with Gasteiger partial charge in [0, 0.05) is 50.3 Å². The summed E-state index contributed by atoms with van der Waals surface area (Å²) in [6, 6.07) is 0.439. The van der Waals surface area contributed by atoms with Crippen LogP contribution in [0, 0.1) is 0 Å². The molecular formula is C12H23N3OS. The van der Waals surface area contributed by atoms with E-state index >= 15 is 0 Å². The number of amides is 1. The van der Waals surface area contributed by atoms with Crippen LogP contribution in [0.5, 0.6) is 0 Å². The van der Waals surface area contributed by atoms with Crippen molar-refractivity contribution in [3.05, 3.63) is 0 Å². The van der Waals surface area contributed by atoms with Gasteiger partial charge in [-0.25, -0.2) is 0 Å². The van der Waals surface area contributed by atoms with E-state index in [1.807, 2.05) is 11.8 Å². The minimum atomic E-state index is 0.0441. The second-order valence-corrected chi connectivity index (χ2v) is 6.07. The fraction of sp³-hybridized carbons (Fsp3) is 0.917. The maximum Gasteiger partial charge on any atom is 0.239 e. The average Bonchev–Trinajstić information content (AvgIpc) is 2.39. The van der Waals surface area contributed by atoms with Crippen molar-refractivity contribution in [2.75, 3.05) is 44.2 Å². The fourth-order valence-electron chi connectivity index (χ4n) is 2.52. The van der Waals surface area contributed by atoms with Crippen LogP contribution in [-0.2, 0) is 4.79 Å². The first-order chi connectivity index (χ1) is 8.20. The Kier molecular flexibility index (Phi) is 4.70. The molecule has 0 aromatic rings. The van der Waals surface area contributed by atoms with Gasteiger partial charge in [0.2, 0.25) is 5.91 Å². The van der Waals surface area contributed by atoms with Crippen molar-refractivity contribution in [2.45, 2.75) is 25.9 Å². The third-order valence-corrected chi connectivity index (χ3v) is 4.90. The van der Waals surface area contributed by atoms with E-state index in [-0.39, 0.29) is 6.04 Å². The summed E-state index contributed by atoms with van der Waals surface area (Å²) in [5, 5.41) is 3.33. The molecule has 2 unspecified atom stereocenters. The Morgan fingerprint density at radius 1 is 1.35 bits per heavy atom. The maximum atomic E-state index is 12.5. The molecule has 0 aliphatic carbocycles. The largest absolute Gasteiger partial charge is 0.337 e. The molecule has 0 spiro atoms. The van der Waals surface area contributed by atoms with Crippen molar-refractivity contribution in [2.24, 2.45) is 0 Å². The minimum absolute atomic E-state index is 0.0441. The fourth-order valence-corrected chi connectivity index (χ4v) is 3.53. The molecule has 2 aliphatic rings. The zero-order chi connectivity index (χ0) is 12.3. The lowest BCUT2D eigenvalue weighted by atomic mass is 10.2. The summed E-state index contributed by atoms with van der Waals surface area (Å²) in [6.45, 7) is 9.12. The Labute approximate surface area is 108 Å². The second-order valence-electron chi connectivity index (χ2n) is 4.92. The molecule has 2 aliphatic heterocycles. The molecule has 1 amide bonds. The van der Waals surface area contributed by atoms with E-state index in [1.54, 1.807) is 0 Å². The number of carbonyl (C=O) groups excluding carboxylic acids is 1. The molecule has 2 fully saturated rings. The highest BCUT2D eigenvalue weighted by Crippen LogP contribution is 2.18. The van der Waals surface area contributed by atoms with Crippen LogP contribution >= 0.6 is 11.8 Å². The van der Waals surface area contributed by atoms with Gasteiger partial charge in [0.1, 0.15) is 0 Å². The van der Waals surface area contributed by atoms with Crippen LogP contribution in [0.15, 0.2) is 0 Å². The SMILES string of the molecule is CC(C(=O)N1CCSCC1C)N1CCNCC1. The number of nitrogens with one attached hydrogen (secondary N) is 1. The molecule has 2 saturated heterocycles. The summed E-state index contributed by atoms with van der Waals surface area (Å²) >= 11 is 1.95. The third kappa shape index (κ3) is 3.14. The van der Waals surface area contributed by atoms with Crippen molar-refractivity contribution < 1.29 is 4.79 Å². The lowest BCUT2D eigenvalue weighted by Gasteiger charge is -2.39. The molecule has 2 heterocycles. The summed E-state index contributed by atoms with van der Waals surface area (Å²) in [4.78, 5) is 16.8. The van der Waals surface area contributed by atoms with Gasteiger partial charge in [-0.3, -0.25) is 9.69 Å². The second kappa shape index (κ2) is 6.07. The van der Waals surface area contributed by atoms with E-state index in [2.05, 4.69) is 29.0 Å². The summed E-state index contributed by atoms with van der Waals surface area (Å²) < 4.78 is 0. The molecule has 2 rings (SSSR count). The van der Waals surface area contributed by atoms with Crippen LogP contribution in [-0.4, -0.2) is 72.0 Å². The van der Waals surface area contributed by atoms with E-state index in [0.717, 1.165) is 44.2 Å². The first-order valence-corrected chi connectivity index (χ1v) is 7.68. The van der Waals surface area contributed by atoms with Gasteiger partial charge in [0.05, 0.1) is 6.04 Å². The zero-order valence-electron chi connectivity index (χ0n) is 10.8. The number of nitrogens with zero attached hydrogens (tertiary/aromatic N) is 2. The first kappa shape index (κ1) is 13.2. The quantitative estimate of drug-likeness (QED) is 0.769. The van der Waals surface area contributed by atoms with Gasteiger partial charge in [-0.2, -0.15) is 11.8 Å². The molecule has 0 bridgehead atoms. The molecule has 98 valence electrons. The smallest absolute Gasteiger partial charge is 0.239 e. The Bertz CT molecular complexity index is 268. The van der Waals surface area contributed by atoms with E-state index in [1.165, 1.54) is 0 Å². The highest BCUT2D eigenvalue weighted by molar-refractivity contribution is 7.99. The number of thioether (sulfide) groups is 1. The highest BCUT2D eigenvalue weighted by atomic mass is 32.2. The number of hydrogen-bond acceptors (Lipinski definition) is 4. The molecule has 0 saturated carbocycles. The Hall–Kier alpha value is -0.260. The van der Waals surface area contributed by atoms with Crippen LogP contribution < -0.4 is 5.32 Å². The highest BCUT2D eigenvalue weighted by Gasteiger charge is 2.30. The predicted molar refractivity (Wildman–Crippen MR) is 72.4 cm³/mol. The van der Waals surface area contributed by atoms with Gasteiger partial charge in [-0.1, -0.05) is 0 Å². The lowest BCUT2D eigenvalue weighted by molar-refractivity contribution is -0.138. The van der Waals surface area contributed by atoms with Crippen molar-refractivity contribution in [3.8, 4) is 0 Å². The predicted octanol–water partition coefficient (Wildman–Crippen LogP) is 0.244. The monoisotopic (exact) mass is 257 g/mol. The minimum Gasteiger partial charge on any atom is -0.337 e. The van der Waals surface area contributed by atoms with Crippen LogP contribution in [0.25, 0.3) is 0 Å². The van der Waals surface area contributed by atoms with Gasteiger partial charge in [0.15, 0.2) is 0 Å². The molecular weight excluding hydrogens is 234 g/mol. The lowest BCUT2D eigenvalue weighted by Crippen LogP contribution is -2.56. The zero-order valence-corrected chi connectivity index (χ0v) is 11.6. The number of piperazine rings is 1. The Morgan fingerprint density at radius 2 is 2.06 bits per heavy atom. The standard InChI is InChI=1S/C12H23N3OS/c1-10-9-17-8-7-15(10)12(16)11(2)14-5-3-13-4-6-14/h10-11,13H,3-9H2,1-2H3. The van der Waals surface area contributed by atoms with Crippen molar-refractivity contribution in [1.82, 2.24) is 15.1 Å². The van der Waals surface area contributed by atoms with Gasteiger partial charge >= 0.3 is 0 Å². The van der Waals surface area contributed by atoms with Gasteiger partial charge in [0.25, 0.3) is 0 Å². The van der Waals surface area contributed by atoms with Crippen molar-refractivity contribution >= 4 is 17.7 Å². The molecule has 0 radical (unpaired) electrons. The molecule has 5 heteroatoms. The van der Waals surface area contributed by atoms with E-state index in [9.17, 15) is 4.79 Å².